The number of benzene rings is 1. The first-order valence-electron chi connectivity index (χ1n) is 6.44. The van der Waals surface area contributed by atoms with Crippen molar-refractivity contribution < 1.29 is 9.90 Å². The van der Waals surface area contributed by atoms with Crippen molar-refractivity contribution in [3.05, 3.63) is 29.8 Å². The second-order valence-corrected chi connectivity index (χ2v) is 4.12. The van der Waals surface area contributed by atoms with Crippen molar-refractivity contribution in [2.75, 3.05) is 19.6 Å². The fraction of sp³-hybridized carbons (Fsp3) is 0.500. The number of carbonyl (C=O) groups is 1. The molecule has 0 aliphatic rings. The maximum absolute atomic E-state index is 11.7. The van der Waals surface area contributed by atoms with Gasteiger partial charge < -0.3 is 15.3 Å². The van der Waals surface area contributed by atoms with Gasteiger partial charge in [-0.05, 0) is 19.9 Å². The first-order chi connectivity index (χ1) is 8.69. The normalized spacial score (nSPS) is 10.3. The van der Waals surface area contributed by atoms with Gasteiger partial charge in [0.25, 0.3) is 0 Å². The van der Waals surface area contributed by atoms with Gasteiger partial charge in [-0.15, -0.1) is 0 Å². The van der Waals surface area contributed by atoms with Crippen molar-refractivity contribution in [1.82, 2.24) is 10.2 Å². The third-order valence-electron chi connectivity index (χ3n) is 2.94. The van der Waals surface area contributed by atoms with Crippen LogP contribution in [0.5, 0.6) is 5.75 Å². The van der Waals surface area contributed by atoms with E-state index in [1.54, 1.807) is 12.1 Å². The zero-order valence-corrected chi connectivity index (χ0v) is 11.1. The molecule has 0 bridgehead atoms. The number of phenolic OH excluding ortho intramolecular Hbond substituents is 1. The molecule has 0 aliphatic heterocycles. The number of para-hydroxylation sites is 1. The minimum Gasteiger partial charge on any atom is -0.508 e. The van der Waals surface area contributed by atoms with Crippen LogP contribution in [-0.2, 0) is 11.3 Å². The minimum absolute atomic E-state index is 0.171. The van der Waals surface area contributed by atoms with Crippen molar-refractivity contribution in [2.45, 2.75) is 26.8 Å². The highest BCUT2D eigenvalue weighted by Crippen LogP contribution is 2.14. The molecule has 0 saturated carbocycles. The topological polar surface area (TPSA) is 52.6 Å². The maximum atomic E-state index is 11.7. The number of nitrogens with one attached hydrogen (secondary N) is 1. The van der Waals surface area contributed by atoms with E-state index in [9.17, 15) is 9.90 Å². The van der Waals surface area contributed by atoms with Crippen LogP contribution in [0, 0.1) is 0 Å². The largest absolute Gasteiger partial charge is 0.508 e. The van der Waals surface area contributed by atoms with Crippen molar-refractivity contribution in [3.63, 3.8) is 0 Å². The molecule has 4 heteroatoms. The Labute approximate surface area is 109 Å². The molecule has 0 saturated heterocycles. The van der Waals surface area contributed by atoms with Gasteiger partial charge in [0.1, 0.15) is 5.75 Å². The Hall–Kier alpha value is -1.55. The number of hydrogen-bond acceptors (Lipinski definition) is 3. The van der Waals surface area contributed by atoms with Crippen LogP contribution in [0.1, 0.15) is 25.8 Å². The lowest BCUT2D eigenvalue weighted by molar-refractivity contribution is -0.130. The summed E-state index contributed by atoms with van der Waals surface area (Å²) in [4.78, 5) is 13.5. The number of rotatable bonds is 7. The van der Waals surface area contributed by atoms with E-state index in [0.717, 1.165) is 18.7 Å². The lowest BCUT2D eigenvalue weighted by atomic mass is 10.2. The molecule has 100 valence electrons. The quantitative estimate of drug-likeness (QED) is 0.725. The third kappa shape index (κ3) is 4.37. The van der Waals surface area contributed by atoms with Gasteiger partial charge in [-0.2, -0.15) is 0 Å². The Morgan fingerprint density at radius 2 is 1.94 bits per heavy atom. The number of phenols is 1. The van der Waals surface area contributed by atoms with Gasteiger partial charge in [0.05, 0.1) is 0 Å². The van der Waals surface area contributed by atoms with E-state index in [1.165, 1.54) is 0 Å². The summed E-state index contributed by atoms with van der Waals surface area (Å²) >= 11 is 0. The van der Waals surface area contributed by atoms with E-state index in [0.29, 0.717) is 25.3 Å². The summed E-state index contributed by atoms with van der Waals surface area (Å²) in [6.45, 7) is 6.69. The SMILES string of the molecule is CCN(CC)C(=O)CCNCc1ccccc1O. The number of hydrogen-bond donors (Lipinski definition) is 2. The number of nitrogens with zero attached hydrogens (tertiary/aromatic N) is 1. The van der Waals surface area contributed by atoms with Gasteiger partial charge in [-0.25, -0.2) is 0 Å². The van der Waals surface area contributed by atoms with Crippen molar-refractivity contribution in [2.24, 2.45) is 0 Å². The van der Waals surface area contributed by atoms with Gasteiger partial charge in [-0.1, -0.05) is 18.2 Å². The number of carbonyl (C=O) groups excluding carboxylic acids is 1. The molecule has 0 heterocycles. The summed E-state index contributed by atoms with van der Waals surface area (Å²) in [6, 6.07) is 7.22. The predicted octanol–water partition coefficient (Wildman–Crippen LogP) is 1.74. The van der Waals surface area contributed by atoms with Crippen molar-refractivity contribution in [1.29, 1.82) is 0 Å². The van der Waals surface area contributed by atoms with E-state index in [1.807, 2.05) is 30.9 Å². The summed E-state index contributed by atoms with van der Waals surface area (Å²) in [7, 11) is 0. The summed E-state index contributed by atoms with van der Waals surface area (Å²) in [5, 5.41) is 12.7. The zero-order valence-electron chi connectivity index (χ0n) is 11.1. The minimum atomic E-state index is 0.171. The summed E-state index contributed by atoms with van der Waals surface area (Å²) in [6.07, 6.45) is 0.495. The molecule has 0 atom stereocenters. The van der Waals surface area contributed by atoms with E-state index >= 15 is 0 Å². The Bertz CT molecular complexity index is 376. The van der Waals surface area contributed by atoms with Crippen LogP contribution in [0.15, 0.2) is 24.3 Å². The Balaban J connectivity index is 2.27. The van der Waals surface area contributed by atoms with E-state index < -0.39 is 0 Å². The molecule has 0 radical (unpaired) electrons. The fourth-order valence-corrected chi connectivity index (χ4v) is 1.81. The van der Waals surface area contributed by atoms with Gasteiger partial charge in [0, 0.05) is 38.2 Å². The summed E-state index contributed by atoms with van der Waals surface area (Å²) < 4.78 is 0. The molecule has 1 amide bonds. The van der Waals surface area contributed by atoms with E-state index in [4.69, 9.17) is 0 Å². The van der Waals surface area contributed by atoms with Crippen molar-refractivity contribution >= 4 is 5.91 Å². The highest BCUT2D eigenvalue weighted by atomic mass is 16.3. The zero-order chi connectivity index (χ0) is 13.4. The Morgan fingerprint density at radius 1 is 1.28 bits per heavy atom. The Kier molecular flexibility index (Phi) is 6.22. The molecular formula is C14H22N2O2. The first-order valence-corrected chi connectivity index (χ1v) is 6.44. The van der Waals surface area contributed by atoms with Gasteiger partial charge in [-0.3, -0.25) is 4.79 Å². The molecule has 0 aromatic heterocycles. The second-order valence-electron chi connectivity index (χ2n) is 4.12. The lowest BCUT2D eigenvalue weighted by Crippen LogP contribution is -2.32. The molecule has 0 spiro atoms. The molecule has 0 unspecified atom stereocenters. The lowest BCUT2D eigenvalue weighted by Gasteiger charge is -2.18. The van der Waals surface area contributed by atoms with E-state index in [-0.39, 0.29) is 5.91 Å². The van der Waals surface area contributed by atoms with Crippen LogP contribution in [0.25, 0.3) is 0 Å². The molecule has 1 aromatic rings. The number of amides is 1. The third-order valence-corrected chi connectivity index (χ3v) is 2.94. The molecule has 18 heavy (non-hydrogen) atoms. The smallest absolute Gasteiger partial charge is 0.223 e. The van der Waals surface area contributed by atoms with Crippen LogP contribution in [0.4, 0.5) is 0 Å². The molecule has 2 N–H and O–H groups in total. The van der Waals surface area contributed by atoms with Gasteiger partial charge in [0.15, 0.2) is 0 Å². The van der Waals surface area contributed by atoms with Gasteiger partial charge in [0.2, 0.25) is 5.91 Å². The summed E-state index contributed by atoms with van der Waals surface area (Å²) in [5.41, 5.74) is 0.854. The highest BCUT2D eigenvalue weighted by Gasteiger charge is 2.08. The molecule has 0 aliphatic carbocycles. The van der Waals surface area contributed by atoms with E-state index in [2.05, 4.69) is 5.32 Å². The molecule has 0 fully saturated rings. The van der Waals surface area contributed by atoms with Crippen LogP contribution >= 0.6 is 0 Å². The molecule has 1 aromatic carbocycles. The summed E-state index contributed by atoms with van der Waals surface area (Å²) in [5.74, 6) is 0.463. The average molecular weight is 250 g/mol. The molecule has 1 rings (SSSR count). The molecule has 4 nitrogen and oxygen atoms in total. The standard InChI is InChI=1S/C14H22N2O2/c1-3-16(4-2)14(18)9-10-15-11-12-7-5-6-8-13(12)17/h5-8,15,17H,3-4,9-11H2,1-2H3. The monoisotopic (exact) mass is 250 g/mol. The number of aromatic hydroxyl groups is 1. The predicted molar refractivity (Wildman–Crippen MR) is 72.4 cm³/mol. The maximum Gasteiger partial charge on any atom is 0.223 e. The van der Waals surface area contributed by atoms with Gasteiger partial charge >= 0.3 is 0 Å². The Morgan fingerprint density at radius 3 is 2.56 bits per heavy atom. The average Bonchev–Trinajstić information content (AvgIpc) is 2.38. The first kappa shape index (κ1) is 14.5. The molecular weight excluding hydrogens is 228 g/mol. The van der Waals surface area contributed by atoms with Crippen LogP contribution in [0.2, 0.25) is 0 Å². The van der Waals surface area contributed by atoms with Crippen LogP contribution in [0.3, 0.4) is 0 Å². The second kappa shape index (κ2) is 7.71. The fourth-order valence-electron chi connectivity index (χ4n) is 1.81. The highest BCUT2D eigenvalue weighted by molar-refractivity contribution is 5.76. The van der Waals surface area contributed by atoms with Crippen LogP contribution in [-0.4, -0.2) is 35.5 Å². The van der Waals surface area contributed by atoms with Crippen LogP contribution < -0.4 is 5.32 Å². The van der Waals surface area contributed by atoms with Crippen molar-refractivity contribution in [3.8, 4) is 5.75 Å².